The molecule has 0 aromatic heterocycles. The molecule has 0 amide bonds. The summed E-state index contributed by atoms with van der Waals surface area (Å²) in [7, 11) is 1.75. The molecule has 0 N–H and O–H groups in total. The molecule has 0 aliphatic rings. The second kappa shape index (κ2) is 6.75. The first-order valence-corrected chi connectivity index (χ1v) is 3.01. The summed E-state index contributed by atoms with van der Waals surface area (Å²) in [5.74, 6) is 0. The molecule has 0 aliphatic carbocycles. The van der Waals surface area contributed by atoms with Crippen molar-refractivity contribution in [3.05, 3.63) is 0 Å². The van der Waals surface area contributed by atoms with Gasteiger partial charge in [0.1, 0.15) is 0 Å². The zero-order chi connectivity index (χ0) is 6.78. The average molecular weight is 221 g/mol. The summed E-state index contributed by atoms with van der Waals surface area (Å²) in [5.41, 5.74) is 0.286. The van der Waals surface area contributed by atoms with Gasteiger partial charge in [-0.25, -0.2) is 0 Å². The molecule has 1 radical (unpaired) electrons. The van der Waals surface area contributed by atoms with Gasteiger partial charge < -0.3 is 4.74 Å². The average Bonchev–Trinajstić information content (AvgIpc) is 1.62. The van der Waals surface area contributed by atoms with Crippen LogP contribution in [0, 0.1) is 5.41 Å². The molecule has 0 aliphatic heterocycles. The van der Waals surface area contributed by atoms with Gasteiger partial charge in [0.2, 0.25) is 0 Å². The Hall–Kier alpha value is 1.06. The van der Waals surface area contributed by atoms with Crippen LogP contribution < -0.4 is 0 Å². The van der Waals surface area contributed by atoms with Crippen LogP contribution in [0.5, 0.6) is 0 Å². The van der Waals surface area contributed by atoms with E-state index in [1.807, 2.05) is 0 Å². The normalized spacial score (nSPS) is 12.9. The second-order valence-electron chi connectivity index (χ2n) is 3.24. The maximum absolute atomic E-state index is 5.11. The van der Waals surface area contributed by atoms with Crippen molar-refractivity contribution in [2.75, 3.05) is 7.11 Å². The third-order valence-corrected chi connectivity index (χ3v) is 1.57. The van der Waals surface area contributed by atoms with Gasteiger partial charge in [-0.3, -0.25) is 0 Å². The summed E-state index contributed by atoms with van der Waals surface area (Å²) in [5, 5.41) is 0. The Balaban J connectivity index is -0.000000245. The van der Waals surface area contributed by atoms with Crippen LogP contribution in [0.2, 0.25) is 0 Å². The Morgan fingerprint density at radius 3 is 1.50 bits per heavy atom. The number of methoxy groups -OCH3 is 1. The predicted octanol–water partition coefficient (Wildman–Crippen LogP) is 2.70. The number of hydrogen-bond donors (Lipinski definition) is 0. The predicted molar refractivity (Wildman–Crippen MR) is 42.7 cm³/mol. The third-order valence-electron chi connectivity index (χ3n) is 1.57. The fourth-order valence-corrected chi connectivity index (χ4v) is 0.354. The summed E-state index contributed by atoms with van der Waals surface area (Å²) in [6, 6.07) is 0. The zero-order valence-corrected chi connectivity index (χ0v) is 9.90. The maximum atomic E-state index is 5.11. The van der Waals surface area contributed by atoms with Gasteiger partial charge in [-0.15, -0.1) is 0 Å². The zero-order valence-electron chi connectivity index (χ0n) is 7.06. The minimum atomic E-state index is 0. The minimum Gasteiger partial charge on any atom is -0.381 e. The van der Waals surface area contributed by atoms with Crippen LogP contribution in [0.1, 0.15) is 35.1 Å². The van der Waals surface area contributed by atoms with E-state index in [0.717, 1.165) is 0 Å². The van der Waals surface area contributed by atoms with Crippen LogP contribution in [0.15, 0.2) is 0 Å². The maximum Gasteiger partial charge on any atom is 0.0591 e. The molecule has 1 nitrogen and oxygen atoms in total. The third kappa shape index (κ3) is 7.17. The molecule has 0 saturated heterocycles. The van der Waals surface area contributed by atoms with Gasteiger partial charge in [0.05, 0.1) is 6.10 Å². The largest absolute Gasteiger partial charge is 0.381 e. The molecule has 0 bridgehead atoms. The van der Waals surface area contributed by atoms with Crippen LogP contribution in [-0.2, 0) is 37.4 Å². The van der Waals surface area contributed by atoms with Gasteiger partial charge in [-0.05, 0) is 12.3 Å². The molecule has 10 heavy (non-hydrogen) atoms. The quantitative estimate of drug-likeness (QED) is 0.661. The summed E-state index contributed by atoms with van der Waals surface area (Å²) in [4.78, 5) is 0. The van der Waals surface area contributed by atoms with Crippen molar-refractivity contribution >= 4 is 0 Å². The number of ether oxygens (including phenoxy) is 1. The molecule has 2 heteroatoms. The van der Waals surface area contributed by atoms with Crippen LogP contribution in [0.3, 0.4) is 0 Å². The van der Waals surface area contributed by atoms with Crippen molar-refractivity contribution in [3.63, 3.8) is 0 Å². The molecule has 1 atom stereocenters. The van der Waals surface area contributed by atoms with E-state index >= 15 is 0 Å². The van der Waals surface area contributed by atoms with Crippen molar-refractivity contribution in [2.24, 2.45) is 5.41 Å². The SMILES string of the molecule is C.COC(C)C(C)(C)C.[Y]. The van der Waals surface area contributed by atoms with Gasteiger partial charge in [-0.2, -0.15) is 0 Å². The molecule has 0 spiro atoms. The summed E-state index contributed by atoms with van der Waals surface area (Å²) < 4.78 is 5.11. The Morgan fingerprint density at radius 2 is 1.50 bits per heavy atom. The van der Waals surface area contributed by atoms with Crippen molar-refractivity contribution < 1.29 is 37.4 Å². The number of hydrogen-bond acceptors (Lipinski definition) is 1. The van der Waals surface area contributed by atoms with Gasteiger partial charge in [0.25, 0.3) is 0 Å². The molecule has 0 fully saturated rings. The first kappa shape index (κ1) is 17.2. The molecule has 0 rings (SSSR count). The fourth-order valence-electron chi connectivity index (χ4n) is 0.354. The van der Waals surface area contributed by atoms with Crippen molar-refractivity contribution in [1.29, 1.82) is 0 Å². The molecule has 0 aromatic rings. The fraction of sp³-hybridized carbons (Fsp3) is 1.00. The van der Waals surface area contributed by atoms with Crippen molar-refractivity contribution in [3.8, 4) is 0 Å². The smallest absolute Gasteiger partial charge is 0.0591 e. The second-order valence-corrected chi connectivity index (χ2v) is 3.24. The van der Waals surface area contributed by atoms with Gasteiger partial charge in [0.15, 0.2) is 0 Å². The first-order chi connectivity index (χ1) is 3.48. The van der Waals surface area contributed by atoms with E-state index in [1.54, 1.807) is 7.11 Å². The Kier molecular flexibility index (Phi) is 11.6. The van der Waals surface area contributed by atoms with E-state index in [0.29, 0.717) is 6.10 Å². The van der Waals surface area contributed by atoms with Crippen LogP contribution in [0.4, 0.5) is 0 Å². The molecular weight excluding hydrogens is 201 g/mol. The number of rotatable bonds is 1. The van der Waals surface area contributed by atoms with E-state index < -0.39 is 0 Å². The van der Waals surface area contributed by atoms with E-state index in [-0.39, 0.29) is 45.6 Å². The van der Waals surface area contributed by atoms with Crippen LogP contribution >= 0.6 is 0 Å². The minimum absolute atomic E-state index is 0. The molecule has 0 aromatic carbocycles. The summed E-state index contributed by atoms with van der Waals surface area (Å²) in [6.07, 6.45) is 0.350. The van der Waals surface area contributed by atoms with Gasteiger partial charge >= 0.3 is 0 Å². The summed E-state index contributed by atoms with van der Waals surface area (Å²) >= 11 is 0. The molecule has 61 valence electrons. The molecule has 0 heterocycles. The van der Waals surface area contributed by atoms with Crippen LogP contribution in [-0.4, -0.2) is 13.2 Å². The van der Waals surface area contributed by atoms with Gasteiger partial charge in [-0.1, -0.05) is 28.2 Å². The van der Waals surface area contributed by atoms with E-state index in [1.165, 1.54) is 0 Å². The van der Waals surface area contributed by atoms with E-state index in [9.17, 15) is 0 Å². The van der Waals surface area contributed by atoms with Crippen molar-refractivity contribution in [2.45, 2.75) is 41.2 Å². The molecule has 1 unspecified atom stereocenters. The monoisotopic (exact) mass is 221 g/mol. The topological polar surface area (TPSA) is 9.23 Å². The Labute approximate surface area is 90.8 Å². The standard InChI is InChI=1S/C7H16O.CH4.Y/c1-6(8-5)7(2,3)4;;/h6H,1-5H3;1H4;. The summed E-state index contributed by atoms with van der Waals surface area (Å²) in [6.45, 7) is 8.59. The molecule has 0 saturated carbocycles. The first-order valence-electron chi connectivity index (χ1n) is 3.01. The van der Waals surface area contributed by atoms with Crippen LogP contribution in [0.25, 0.3) is 0 Å². The van der Waals surface area contributed by atoms with E-state index in [2.05, 4.69) is 27.7 Å². The van der Waals surface area contributed by atoms with Gasteiger partial charge in [0, 0.05) is 39.8 Å². The Morgan fingerprint density at radius 1 is 1.20 bits per heavy atom. The Bertz CT molecular complexity index is 66.1. The van der Waals surface area contributed by atoms with Crippen molar-refractivity contribution in [1.82, 2.24) is 0 Å². The van der Waals surface area contributed by atoms with E-state index in [4.69, 9.17) is 4.74 Å². The molecular formula is C8H20OY.